The highest BCUT2D eigenvalue weighted by Crippen LogP contribution is 2.32. The minimum atomic E-state index is 0.0454. The van der Waals surface area contributed by atoms with Gasteiger partial charge in [0, 0.05) is 22.7 Å². The van der Waals surface area contributed by atoms with Crippen molar-refractivity contribution in [3.8, 4) is 11.1 Å². The Morgan fingerprint density at radius 3 is 2.44 bits per heavy atom. The van der Waals surface area contributed by atoms with Gasteiger partial charge in [0.05, 0.1) is 0 Å². The molecule has 0 fully saturated rings. The molecule has 1 heterocycles. The second-order valence-electron chi connectivity index (χ2n) is 7.18. The van der Waals surface area contributed by atoms with Crippen molar-refractivity contribution in [1.82, 2.24) is 4.72 Å². The number of carbonyl (C=O) groups excluding carboxylic acids is 1. The maximum Gasteiger partial charge on any atom is 0.250 e. The van der Waals surface area contributed by atoms with Crippen LogP contribution in [0.4, 0.5) is 5.69 Å². The third-order valence-electron chi connectivity index (χ3n) is 3.89. The van der Waals surface area contributed by atoms with Gasteiger partial charge in [-0.1, -0.05) is 36.4 Å². The number of nitrogens with one attached hydrogen (secondary N) is 1. The summed E-state index contributed by atoms with van der Waals surface area (Å²) in [6, 6.07) is 16.6. The van der Waals surface area contributed by atoms with Crippen LogP contribution >= 0.6 is 11.9 Å². The fourth-order valence-electron chi connectivity index (χ4n) is 2.67. The maximum absolute atomic E-state index is 12.0. The van der Waals surface area contributed by atoms with Gasteiger partial charge in [0.1, 0.15) is 0 Å². The van der Waals surface area contributed by atoms with Crippen LogP contribution in [0.1, 0.15) is 27.2 Å². The van der Waals surface area contributed by atoms with E-state index in [2.05, 4.69) is 61.9 Å². The molecule has 0 aromatic heterocycles. The fourth-order valence-corrected chi connectivity index (χ4v) is 3.53. The molecule has 3 rings (SSSR count). The summed E-state index contributed by atoms with van der Waals surface area (Å²) >= 11 is 1.66. The molecular formula is C21H24N2OS. The van der Waals surface area contributed by atoms with E-state index in [-0.39, 0.29) is 11.4 Å². The van der Waals surface area contributed by atoms with Gasteiger partial charge in [-0.05, 0) is 74.5 Å². The molecule has 0 saturated heterocycles. The Labute approximate surface area is 154 Å². The van der Waals surface area contributed by atoms with Crippen molar-refractivity contribution in [3.05, 3.63) is 60.7 Å². The predicted octanol–water partition coefficient (Wildman–Crippen LogP) is 5.04. The summed E-state index contributed by atoms with van der Waals surface area (Å²) in [4.78, 5) is 15.0. The molecule has 130 valence electrons. The molecule has 1 amide bonds. The Bertz CT molecular complexity index is 775. The number of hydrogen-bond acceptors (Lipinski definition) is 3. The van der Waals surface area contributed by atoms with Crippen LogP contribution in [0.25, 0.3) is 11.1 Å². The minimum absolute atomic E-state index is 0.0454. The second kappa shape index (κ2) is 7.46. The van der Waals surface area contributed by atoms with Gasteiger partial charge < -0.3 is 4.90 Å². The number of benzene rings is 2. The summed E-state index contributed by atoms with van der Waals surface area (Å²) in [6.07, 6.45) is 4.50. The average molecular weight is 353 g/mol. The molecule has 2 aromatic carbocycles. The van der Waals surface area contributed by atoms with E-state index in [1.54, 1.807) is 18.0 Å². The topological polar surface area (TPSA) is 32.3 Å². The molecule has 0 spiro atoms. The largest absolute Gasteiger partial charge is 0.309 e. The van der Waals surface area contributed by atoms with Crippen LogP contribution in [0, 0.1) is 0 Å². The molecule has 0 radical (unpaired) electrons. The molecule has 4 heteroatoms. The van der Waals surface area contributed by atoms with Crippen molar-refractivity contribution in [2.45, 2.75) is 37.6 Å². The van der Waals surface area contributed by atoms with E-state index in [1.807, 2.05) is 23.1 Å². The zero-order chi connectivity index (χ0) is 17.9. The van der Waals surface area contributed by atoms with Gasteiger partial charge in [0.15, 0.2) is 0 Å². The standard InChI is InChI=1S/C21H24N2OS/c1-21(2,3)22-25-19-9-5-4-8-18(19)16-11-13-17(14-12-16)23-15-7-6-10-20(23)24/h4-6,8-14,22H,7,15H2,1-3H3. The lowest BCUT2D eigenvalue weighted by atomic mass is 10.0. The molecule has 3 nitrogen and oxygen atoms in total. The normalized spacial score (nSPS) is 14.8. The van der Waals surface area contributed by atoms with Crippen molar-refractivity contribution < 1.29 is 4.79 Å². The van der Waals surface area contributed by atoms with E-state index in [9.17, 15) is 4.79 Å². The van der Waals surface area contributed by atoms with Crippen LogP contribution in [0.3, 0.4) is 0 Å². The third-order valence-corrected chi connectivity index (χ3v) is 5.18. The van der Waals surface area contributed by atoms with Crippen LogP contribution in [0.15, 0.2) is 65.6 Å². The molecule has 1 aliphatic rings. The van der Waals surface area contributed by atoms with Gasteiger partial charge in [-0.15, -0.1) is 0 Å². The predicted molar refractivity (Wildman–Crippen MR) is 107 cm³/mol. The fraction of sp³-hybridized carbons (Fsp3) is 0.286. The third kappa shape index (κ3) is 4.53. The molecule has 0 bridgehead atoms. The van der Waals surface area contributed by atoms with E-state index < -0.39 is 0 Å². The first-order valence-corrected chi connectivity index (χ1v) is 9.37. The first-order valence-electron chi connectivity index (χ1n) is 8.55. The molecule has 0 aliphatic carbocycles. The molecule has 1 N–H and O–H groups in total. The zero-order valence-electron chi connectivity index (χ0n) is 15.0. The Morgan fingerprint density at radius 2 is 1.76 bits per heavy atom. The van der Waals surface area contributed by atoms with Crippen molar-refractivity contribution >= 4 is 23.5 Å². The van der Waals surface area contributed by atoms with E-state index in [0.717, 1.165) is 24.2 Å². The highest BCUT2D eigenvalue weighted by atomic mass is 32.2. The summed E-state index contributed by atoms with van der Waals surface area (Å²) < 4.78 is 3.47. The van der Waals surface area contributed by atoms with Crippen LogP contribution in [-0.4, -0.2) is 18.0 Å². The van der Waals surface area contributed by atoms with Gasteiger partial charge in [0.25, 0.3) is 5.91 Å². The number of carbonyl (C=O) groups is 1. The van der Waals surface area contributed by atoms with Crippen LogP contribution in [0.5, 0.6) is 0 Å². The Hall–Kier alpha value is -2.04. The summed E-state index contributed by atoms with van der Waals surface area (Å²) in [5.74, 6) is 0.0596. The van der Waals surface area contributed by atoms with E-state index >= 15 is 0 Å². The molecule has 1 aliphatic heterocycles. The zero-order valence-corrected chi connectivity index (χ0v) is 15.8. The smallest absolute Gasteiger partial charge is 0.250 e. The molecule has 25 heavy (non-hydrogen) atoms. The lowest BCUT2D eigenvalue weighted by Gasteiger charge is -2.24. The minimum Gasteiger partial charge on any atom is -0.309 e. The number of amides is 1. The van der Waals surface area contributed by atoms with Gasteiger partial charge in [0.2, 0.25) is 0 Å². The number of nitrogens with zero attached hydrogens (tertiary/aromatic N) is 1. The van der Waals surface area contributed by atoms with Gasteiger partial charge in [-0.25, -0.2) is 0 Å². The lowest BCUT2D eigenvalue weighted by molar-refractivity contribution is -0.114. The molecule has 0 saturated carbocycles. The summed E-state index contributed by atoms with van der Waals surface area (Å²) in [5.41, 5.74) is 3.35. The first kappa shape index (κ1) is 17.8. The van der Waals surface area contributed by atoms with Crippen molar-refractivity contribution in [3.63, 3.8) is 0 Å². The van der Waals surface area contributed by atoms with Crippen molar-refractivity contribution in [1.29, 1.82) is 0 Å². The number of rotatable bonds is 4. The summed E-state index contributed by atoms with van der Waals surface area (Å²) in [5, 5.41) is 0. The molecule has 2 aromatic rings. The quantitative estimate of drug-likeness (QED) is 0.782. The Morgan fingerprint density at radius 1 is 1.04 bits per heavy atom. The average Bonchev–Trinajstić information content (AvgIpc) is 2.60. The molecular weight excluding hydrogens is 328 g/mol. The van der Waals surface area contributed by atoms with Crippen molar-refractivity contribution in [2.24, 2.45) is 0 Å². The van der Waals surface area contributed by atoms with Gasteiger partial charge >= 0.3 is 0 Å². The van der Waals surface area contributed by atoms with Crippen LogP contribution in [-0.2, 0) is 4.79 Å². The van der Waals surface area contributed by atoms with Gasteiger partial charge in [-0.2, -0.15) is 0 Å². The number of anilines is 1. The highest BCUT2D eigenvalue weighted by Gasteiger charge is 2.16. The summed E-state index contributed by atoms with van der Waals surface area (Å²) in [7, 11) is 0. The van der Waals surface area contributed by atoms with E-state index in [4.69, 9.17) is 0 Å². The number of hydrogen-bond donors (Lipinski definition) is 1. The van der Waals surface area contributed by atoms with E-state index in [0.29, 0.717) is 0 Å². The second-order valence-corrected chi connectivity index (χ2v) is 8.03. The Kier molecular flexibility index (Phi) is 5.30. The summed E-state index contributed by atoms with van der Waals surface area (Å²) in [6.45, 7) is 7.21. The van der Waals surface area contributed by atoms with Crippen LogP contribution < -0.4 is 9.62 Å². The van der Waals surface area contributed by atoms with Crippen molar-refractivity contribution in [2.75, 3.05) is 11.4 Å². The molecule has 0 unspecified atom stereocenters. The maximum atomic E-state index is 12.0. The monoisotopic (exact) mass is 352 g/mol. The lowest BCUT2D eigenvalue weighted by Crippen LogP contribution is -2.32. The molecule has 0 atom stereocenters. The van der Waals surface area contributed by atoms with Gasteiger partial charge in [-0.3, -0.25) is 9.52 Å². The SMILES string of the molecule is CC(C)(C)NSc1ccccc1-c1ccc(N2CCC=CC2=O)cc1. The first-order chi connectivity index (χ1) is 11.9. The van der Waals surface area contributed by atoms with E-state index in [1.165, 1.54) is 10.5 Å². The Balaban J connectivity index is 1.83. The van der Waals surface area contributed by atoms with Crippen LogP contribution in [0.2, 0.25) is 0 Å². The highest BCUT2D eigenvalue weighted by molar-refractivity contribution is 7.97.